The molecule has 0 radical (unpaired) electrons. The maximum Gasteiger partial charge on any atom is 0.0361 e. The van der Waals surface area contributed by atoms with Crippen LogP contribution in [0.15, 0.2) is 18.3 Å². The smallest absolute Gasteiger partial charge is 0.0361 e. The van der Waals surface area contributed by atoms with E-state index in [0.29, 0.717) is 16.9 Å². The van der Waals surface area contributed by atoms with Crippen LogP contribution in [-0.2, 0) is 13.1 Å². The first-order chi connectivity index (χ1) is 8.99. The third-order valence-corrected chi connectivity index (χ3v) is 6.59. The fourth-order valence-electron chi connectivity index (χ4n) is 4.66. The zero-order valence-corrected chi connectivity index (χ0v) is 12.9. The molecule has 2 aliphatic carbocycles. The molecular formula is C17H28N2. The molecule has 0 amide bonds. The summed E-state index contributed by atoms with van der Waals surface area (Å²) in [5.41, 5.74) is 2.42. The Labute approximate surface area is 117 Å². The SMILES string of the molecule is CCn1cccc1CNC1CC2CCC1(C)C2(C)C. The normalized spacial score (nSPS) is 36.0. The topological polar surface area (TPSA) is 17.0 Å². The average molecular weight is 260 g/mol. The van der Waals surface area contributed by atoms with Crippen molar-refractivity contribution in [1.82, 2.24) is 9.88 Å². The maximum atomic E-state index is 3.87. The molecule has 1 aromatic rings. The monoisotopic (exact) mass is 260 g/mol. The Morgan fingerprint density at radius 3 is 2.74 bits per heavy atom. The first-order valence-electron chi connectivity index (χ1n) is 7.86. The predicted octanol–water partition coefficient (Wildman–Crippen LogP) is 3.81. The molecule has 2 saturated carbocycles. The van der Waals surface area contributed by atoms with Crippen LogP contribution in [0.1, 0.15) is 52.7 Å². The molecule has 0 spiro atoms. The molecule has 0 aliphatic heterocycles. The van der Waals surface area contributed by atoms with E-state index in [1.54, 1.807) is 0 Å². The fourth-order valence-corrected chi connectivity index (χ4v) is 4.66. The molecule has 2 fully saturated rings. The lowest BCUT2D eigenvalue weighted by atomic mass is 9.69. The van der Waals surface area contributed by atoms with Crippen molar-refractivity contribution in [3.05, 3.63) is 24.0 Å². The Bertz CT molecular complexity index is 460. The first-order valence-corrected chi connectivity index (χ1v) is 7.86. The van der Waals surface area contributed by atoms with Crippen LogP contribution in [0.25, 0.3) is 0 Å². The van der Waals surface area contributed by atoms with Gasteiger partial charge < -0.3 is 9.88 Å². The number of hydrogen-bond acceptors (Lipinski definition) is 1. The van der Waals surface area contributed by atoms with E-state index in [1.807, 2.05) is 0 Å². The quantitative estimate of drug-likeness (QED) is 0.871. The van der Waals surface area contributed by atoms with Gasteiger partial charge in [0.15, 0.2) is 0 Å². The minimum absolute atomic E-state index is 0.487. The molecule has 1 heterocycles. The van der Waals surface area contributed by atoms with Gasteiger partial charge in [0.1, 0.15) is 0 Å². The number of aromatic nitrogens is 1. The van der Waals surface area contributed by atoms with E-state index >= 15 is 0 Å². The van der Waals surface area contributed by atoms with Crippen molar-refractivity contribution in [1.29, 1.82) is 0 Å². The molecule has 1 aromatic heterocycles. The lowest BCUT2D eigenvalue weighted by molar-refractivity contribution is 0.120. The highest BCUT2D eigenvalue weighted by molar-refractivity contribution is 5.14. The average Bonchev–Trinajstić information content (AvgIpc) is 2.97. The minimum atomic E-state index is 0.487. The van der Waals surface area contributed by atoms with Gasteiger partial charge in [0.2, 0.25) is 0 Å². The van der Waals surface area contributed by atoms with Crippen molar-refractivity contribution in [2.45, 2.75) is 66.1 Å². The Balaban J connectivity index is 1.69. The Hall–Kier alpha value is -0.760. The molecule has 0 saturated heterocycles. The summed E-state index contributed by atoms with van der Waals surface area (Å²) in [5, 5.41) is 3.87. The van der Waals surface area contributed by atoms with Gasteiger partial charge in [-0.05, 0) is 55.1 Å². The fraction of sp³-hybridized carbons (Fsp3) is 0.765. The third-order valence-electron chi connectivity index (χ3n) is 6.59. The molecule has 3 atom stereocenters. The molecule has 1 N–H and O–H groups in total. The van der Waals surface area contributed by atoms with Crippen LogP contribution < -0.4 is 5.32 Å². The Kier molecular flexibility index (Phi) is 3.05. The molecule has 2 bridgehead atoms. The molecule has 3 unspecified atom stereocenters. The summed E-state index contributed by atoms with van der Waals surface area (Å²) in [6.07, 6.45) is 6.39. The number of aryl methyl sites for hydroxylation is 1. The number of fused-ring (bicyclic) bond motifs is 2. The van der Waals surface area contributed by atoms with E-state index in [2.05, 4.69) is 55.9 Å². The number of nitrogens with zero attached hydrogens (tertiary/aromatic N) is 1. The summed E-state index contributed by atoms with van der Waals surface area (Å²) in [4.78, 5) is 0. The van der Waals surface area contributed by atoms with Gasteiger partial charge in [0, 0.05) is 31.0 Å². The van der Waals surface area contributed by atoms with E-state index < -0.39 is 0 Å². The molecule has 2 aliphatic rings. The molecule has 3 rings (SSSR count). The second-order valence-corrected chi connectivity index (χ2v) is 7.33. The molecule has 19 heavy (non-hydrogen) atoms. The van der Waals surface area contributed by atoms with Gasteiger partial charge in [0.05, 0.1) is 0 Å². The van der Waals surface area contributed by atoms with Crippen molar-refractivity contribution in [2.75, 3.05) is 0 Å². The van der Waals surface area contributed by atoms with Crippen molar-refractivity contribution in [2.24, 2.45) is 16.7 Å². The zero-order chi connectivity index (χ0) is 13.7. The summed E-state index contributed by atoms with van der Waals surface area (Å²) >= 11 is 0. The van der Waals surface area contributed by atoms with E-state index in [-0.39, 0.29) is 0 Å². The van der Waals surface area contributed by atoms with Crippen LogP contribution in [-0.4, -0.2) is 10.6 Å². The van der Waals surface area contributed by atoms with Crippen LogP contribution in [0.3, 0.4) is 0 Å². The summed E-state index contributed by atoms with van der Waals surface area (Å²) in [7, 11) is 0. The van der Waals surface area contributed by atoms with Crippen molar-refractivity contribution in [3.8, 4) is 0 Å². The van der Waals surface area contributed by atoms with Gasteiger partial charge in [-0.2, -0.15) is 0 Å². The number of nitrogens with one attached hydrogen (secondary N) is 1. The largest absolute Gasteiger partial charge is 0.351 e. The van der Waals surface area contributed by atoms with Gasteiger partial charge >= 0.3 is 0 Å². The molecular weight excluding hydrogens is 232 g/mol. The van der Waals surface area contributed by atoms with Crippen LogP contribution in [0, 0.1) is 16.7 Å². The van der Waals surface area contributed by atoms with E-state index in [1.165, 1.54) is 25.0 Å². The van der Waals surface area contributed by atoms with Crippen molar-refractivity contribution < 1.29 is 0 Å². The molecule has 0 aromatic carbocycles. The van der Waals surface area contributed by atoms with Crippen LogP contribution >= 0.6 is 0 Å². The van der Waals surface area contributed by atoms with E-state index in [9.17, 15) is 0 Å². The lowest BCUT2D eigenvalue weighted by Gasteiger charge is -2.39. The first kappa shape index (κ1) is 13.2. The number of rotatable bonds is 4. The Morgan fingerprint density at radius 2 is 2.16 bits per heavy atom. The van der Waals surface area contributed by atoms with Gasteiger partial charge in [-0.15, -0.1) is 0 Å². The summed E-state index contributed by atoms with van der Waals surface area (Å²) in [6, 6.07) is 5.10. The highest BCUT2D eigenvalue weighted by Crippen LogP contribution is 2.65. The second-order valence-electron chi connectivity index (χ2n) is 7.33. The second kappa shape index (κ2) is 4.37. The lowest BCUT2D eigenvalue weighted by Crippen LogP contribution is -2.44. The van der Waals surface area contributed by atoms with E-state index in [0.717, 1.165) is 19.0 Å². The highest BCUT2D eigenvalue weighted by Gasteiger charge is 2.60. The number of hydrogen-bond donors (Lipinski definition) is 1. The highest BCUT2D eigenvalue weighted by atomic mass is 15.0. The maximum absolute atomic E-state index is 3.87. The van der Waals surface area contributed by atoms with Gasteiger partial charge in [-0.25, -0.2) is 0 Å². The summed E-state index contributed by atoms with van der Waals surface area (Å²) < 4.78 is 2.34. The summed E-state index contributed by atoms with van der Waals surface area (Å²) in [5.74, 6) is 0.924. The van der Waals surface area contributed by atoms with Crippen LogP contribution in [0.5, 0.6) is 0 Å². The molecule has 2 nitrogen and oxygen atoms in total. The van der Waals surface area contributed by atoms with Crippen LogP contribution in [0.4, 0.5) is 0 Å². The van der Waals surface area contributed by atoms with Gasteiger partial charge in [0.25, 0.3) is 0 Å². The molecule has 2 heteroatoms. The van der Waals surface area contributed by atoms with E-state index in [4.69, 9.17) is 0 Å². The van der Waals surface area contributed by atoms with Crippen molar-refractivity contribution in [3.63, 3.8) is 0 Å². The Morgan fingerprint density at radius 1 is 1.37 bits per heavy atom. The summed E-state index contributed by atoms with van der Waals surface area (Å²) in [6.45, 7) is 11.8. The van der Waals surface area contributed by atoms with Gasteiger partial charge in [-0.3, -0.25) is 0 Å². The standard InChI is InChI=1S/C17H28N2/c1-5-19-10-6-7-14(19)12-18-15-11-13-8-9-17(15,4)16(13,2)3/h6-7,10,13,15,18H,5,8-9,11-12H2,1-4H3. The third kappa shape index (κ3) is 1.79. The zero-order valence-electron chi connectivity index (χ0n) is 12.9. The van der Waals surface area contributed by atoms with Crippen LogP contribution in [0.2, 0.25) is 0 Å². The van der Waals surface area contributed by atoms with Gasteiger partial charge in [-0.1, -0.05) is 20.8 Å². The minimum Gasteiger partial charge on any atom is -0.351 e. The predicted molar refractivity (Wildman–Crippen MR) is 80.0 cm³/mol. The molecule has 106 valence electrons. The van der Waals surface area contributed by atoms with Crippen molar-refractivity contribution >= 4 is 0 Å².